The zero-order chi connectivity index (χ0) is 12.4. The third kappa shape index (κ3) is 2.12. The standard InChI is InChI=1S/C14H12N2OS/c17-14(7-10-8-15-9-18-10)12-5-6-16-13-4-2-1-3-11(12)13/h1-6,8-9,14,17H,7H2. The summed E-state index contributed by atoms with van der Waals surface area (Å²) in [5, 5.41) is 11.4. The van der Waals surface area contributed by atoms with Gasteiger partial charge in [0, 0.05) is 29.1 Å². The van der Waals surface area contributed by atoms with E-state index in [1.54, 1.807) is 29.2 Å². The number of fused-ring (bicyclic) bond motifs is 1. The van der Waals surface area contributed by atoms with Crippen molar-refractivity contribution >= 4 is 22.2 Å². The maximum absolute atomic E-state index is 10.3. The zero-order valence-electron chi connectivity index (χ0n) is 9.65. The first kappa shape index (κ1) is 11.3. The second-order valence-electron chi connectivity index (χ2n) is 4.10. The summed E-state index contributed by atoms with van der Waals surface area (Å²) in [6, 6.07) is 9.75. The Morgan fingerprint density at radius 3 is 2.94 bits per heavy atom. The average Bonchev–Trinajstić information content (AvgIpc) is 2.91. The van der Waals surface area contributed by atoms with Gasteiger partial charge in [-0.1, -0.05) is 18.2 Å². The summed E-state index contributed by atoms with van der Waals surface area (Å²) < 4.78 is 0. The molecule has 0 saturated heterocycles. The summed E-state index contributed by atoms with van der Waals surface area (Å²) >= 11 is 1.56. The first-order chi connectivity index (χ1) is 8.84. The van der Waals surface area contributed by atoms with Crippen LogP contribution in [0.5, 0.6) is 0 Å². The van der Waals surface area contributed by atoms with E-state index < -0.39 is 6.10 Å². The predicted molar refractivity (Wildman–Crippen MR) is 72.5 cm³/mol. The molecule has 1 unspecified atom stereocenters. The highest BCUT2D eigenvalue weighted by molar-refractivity contribution is 7.09. The number of hydrogen-bond donors (Lipinski definition) is 1. The van der Waals surface area contributed by atoms with Crippen LogP contribution in [0.15, 0.2) is 48.2 Å². The molecule has 2 aromatic heterocycles. The van der Waals surface area contributed by atoms with Crippen molar-refractivity contribution in [1.82, 2.24) is 9.97 Å². The first-order valence-electron chi connectivity index (χ1n) is 5.73. The van der Waals surface area contributed by atoms with Gasteiger partial charge in [0.15, 0.2) is 0 Å². The summed E-state index contributed by atoms with van der Waals surface area (Å²) in [5.74, 6) is 0. The highest BCUT2D eigenvalue weighted by Crippen LogP contribution is 2.26. The molecule has 0 fully saturated rings. The molecule has 4 heteroatoms. The van der Waals surface area contributed by atoms with Gasteiger partial charge in [-0.25, -0.2) is 0 Å². The van der Waals surface area contributed by atoms with E-state index in [0.29, 0.717) is 6.42 Å². The third-order valence-corrected chi connectivity index (χ3v) is 3.72. The molecule has 0 aliphatic rings. The van der Waals surface area contributed by atoms with E-state index in [4.69, 9.17) is 0 Å². The minimum Gasteiger partial charge on any atom is -0.388 e. The molecule has 0 spiro atoms. The van der Waals surface area contributed by atoms with Crippen molar-refractivity contribution in [3.05, 3.63) is 58.7 Å². The molecule has 1 atom stereocenters. The highest BCUT2D eigenvalue weighted by Gasteiger charge is 2.12. The molecule has 0 radical (unpaired) electrons. The van der Waals surface area contributed by atoms with Gasteiger partial charge in [-0.05, 0) is 17.7 Å². The number of nitrogens with zero attached hydrogens (tertiary/aromatic N) is 2. The molecule has 0 bridgehead atoms. The van der Waals surface area contributed by atoms with E-state index in [0.717, 1.165) is 21.3 Å². The first-order valence-corrected chi connectivity index (χ1v) is 6.61. The average molecular weight is 256 g/mol. The van der Waals surface area contributed by atoms with Gasteiger partial charge in [-0.3, -0.25) is 9.97 Å². The summed E-state index contributed by atoms with van der Waals surface area (Å²) in [6.07, 6.45) is 3.63. The minimum absolute atomic E-state index is 0.515. The molecule has 0 saturated carbocycles. The number of para-hydroxylation sites is 1. The number of hydrogen-bond acceptors (Lipinski definition) is 4. The van der Waals surface area contributed by atoms with E-state index in [2.05, 4.69) is 9.97 Å². The molecule has 3 aromatic rings. The summed E-state index contributed by atoms with van der Waals surface area (Å²) in [7, 11) is 0. The maximum atomic E-state index is 10.3. The van der Waals surface area contributed by atoms with Crippen LogP contribution < -0.4 is 0 Å². The van der Waals surface area contributed by atoms with Gasteiger partial charge >= 0.3 is 0 Å². The van der Waals surface area contributed by atoms with Crippen molar-refractivity contribution in [3.8, 4) is 0 Å². The Morgan fingerprint density at radius 1 is 1.22 bits per heavy atom. The zero-order valence-corrected chi connectivity index (χ0v) is 10.5. The van der Waals surface area contributed by atoms with Crippen LogP contribution >= 0.6 is 11.3 Å². The molecule has 2 heterocycles. The Kier molecular flexibility index (Phi) is 3.04. The number of rotatable bonds is 3. The van der Waals surface area contributed by atoms with E-state index in [-0.39, 0.29) is 0 Å². The molecule has 0 amide bonds. The number of benzene rings is 1. The van der Waals surface area contributed by atoms with Crippen molar-refractivity contribution in [2.24, 2.45) is 0 Å². The van der Waals surface area contributed by atoms with Crippen molar-refractivity contribution in [2.75, 3.05) is 0 Å². The topological polar surface area (TPSA) is 46.0 Å². The molecule has 1 N–H and O–H groups in total. The van der Waals surface area contributed by atoms with Crippen LogP contribution in [0, 0.1) is 0 Å². The van der Waals surface area contributed by atoms with Crippen LogP contribution in [0.3, 0.4) is 0 Å². The summed E-state index contributed by atoms with van der Waals surface area (Å²) in [5.41, 5.74) is 3.62. The predicted octanol–water partition coefficient (Wildman–Crippen LogP) is 2.97. The molecule has 90 valence electrons. The second kappa shape index (κ2) is 4.84. The number of thiazole rings is 1. The number of pyridine rings is 1. The smallest absolute Gasteiger partial charge is 0.0845 e. The van der Waals surface area contributed by atoms with Crippen LogP contribution in [0.25, 0.3) is 10.9 Å². The van der Waals surface area contributed by atoms with Crippen molar-refractivity contribution < 1.29 is 5.11 Å². The molecule has 18 heavy (non-hydrogen) atoms. The molecule has 3 rings (SSSR count). The lowest BCUT2D eigenvalue weighted by atomic mass is 10.0. The summed E-state index contributed by atoms with van der Waals surface area (Å²) in [6.45, 7) is 0. The molecule has 0 aliphatic carbocycles. The van der Waals surface area contributed by atoms with Crippen molar-refractivity contribution in [3.63, 3.8) is 0 Å². The van der Waals surface area contributed by atoms with Crippen molar-refractivity contribution in [1.29, 1.82) is 0 Å². The Hall–Kier alpha value is -1.78. The number of aliphatic hydroxyl groups is 1. The van der Waals surface area contributed by atoms with Gasteiger partial charge in [0.25, 0.3) is 0 Å². The Balaban J connectivity index is 1.98. The van der Waals surface area contributed by atoms with Crippen LogP contribution in [-0.2, 0) is 6.42 Å². The van der Waals surface area contributed by atoms with Crippen LogP contribution in [0.4, 0.5) is 0 Å². The second-order valence-corrected chi connectivity index (χ2v) is 5.08. The fourth-order valence-corrected chi connectivity index (χ4v) is 2.68. The van der Waals surface area contributed by atoms with Gasteiger partial charge < -0.3 is 5.11 Å². The minimum atomic E-state index is -0.515. The molecule has 0 aliphatic heterocycles. The maximum Gasteiger partial charge on any atom is 0.0845 e. The largest absolute Gasteiger partial charge is 0.388 e. The SMILES string of the molecule is OC(Cc1cncs1)c1ccnc2ccccc12. The van der Waals surface area contributed by atoms with Gasteiger partial charge in [0.05, 0.1) is 17.1 Å². The van der Waals surface area contributed by atoms with Gasteiger partial charge in [-0.15, -0.1) is 11.3 Å². The van der Waals surface area contributed by atoms with E-state index in [1.807, 2.05) is 30.3 Å². The van der Waals surface area contributed by atoms with E-state index in [9.17, 15) is 5.11 Å². The van der Waals surface area contributed by atoms with Crippen LogP contribution in [0.1, 0.15) is 16.5 Å². The summed E-state index contributed by atoms with van der Waals surface area (Å²) in [4.78, 5) is 9.41. The molecular weight excluding hydrogens is 244 g/mol. The quantitative estimate of drug-likeness (QED) is 0.783. The number of aromatic nitrogens is 2. The van der Waals surface area contributed by atoms with Crippen molar-refractivity contribution in [2.45, 2.75) is 12.5 Å². The lowest BCUT2D eigenvalue weighted by Gasteiger charge is -2.12. The number of aliphatic hydroxyl groups excluding tert-OH is 1. The Bertz CT molecular complexity index is 646. The fraction of sp³-hybridized carbons (Fsp3) is 0.143. The van der Waals surface area contributed by atoms with E-state index >= 15 is 0 Å². The molecule has 1 aromatic carbocycles. The van der Waals surface area contributed by atoms with Crippen LogP contribution in [0.2, 0.25) is 0 Å². The lowest BCUT2D eigenvalue weighted by Crippen LogP contribution is -2.02. The molecular formula is C14H12N2OS. The van der Waals surface area contributed by atoms with Gasteiger partial charge in [0.2, 0.25) is 0 Å². The van der Waals surface area contributed by atoms with E-state index in [1.165, 1.54) is 0 Å². The Morgan fingerprint density at radius 2 is 2.11 bits per heavy atom. The van der Waals surface area contributed by atoms with Crippen LogP contribution in [-0.4, -0.2) is 15.1 Å². The lowest BCUT2D eigenvalue weighted by molar-refractivity contribution is 0.181. The monoisotopic (exact) mass is 256 g/mol. The fourth-order valence-electron chi connectivity index (χ4n) is 2.05. The highest BCUT2D eigenvalue weighted by atomic mass is 32.1. The van der Waals surface area contributed by atoms with Gasteiger partial charge in [-0.2, -0.15) is 0 Å². The third-order valence-electron chi connectivity index (χ3n) is 2.92. The Labute approximate surface area is 109 Å². The molecule has 3 nitrogen and oxygen atoms in total. The van der Waals surface area contributed by atoms with Gasteiger partial charge in [0.1, 0.15) is 0 Å². The normalized spacial score (nSPS) is 12.7.